The molecule has 0 bridgehead atoms. The van der Waals surface area contributed by atoms with Gasteiger partial charge in [-0.2, -0.15) is 0 Å². The molecule has 0 aliphatic carbocycles. The van der Waals surface area contributed by atoms with Gasteiger partial charge in [0.1, 0.15) is 6.61 Å². The van der Waals surface area contributed by atoms with E-state index in [1.807, 2.05) is 6.92 Å². The molecule has 0 atom stereocenters. The van der Waals surface area contributed by atoms with Gasteiger partial charge in [-0.25, -0.2) is 14.8 Å². The Morgan fingerprint density at radius 2 is 2.43 bits per heavy atom. The Morgan fingerprint density at radius 1 is 1.71 bits per heavy atom. The van der Waals surface area contributed by atoms with Crippen molar-refractivity contribution >= 4 is 21.9 Å². The molecule has 0 saturated heterocycles. The van der Waals surface area contributed by atoms with E-state index in [0.29, 0.717) is 16.9 Å². The van der Waals surface area contributed by atoms with Crippen molar-refractivity contribution in [2.45, 2.75) is 13.5 Å². The van der Waals surface area contributed by atoms with Crippen molar-refractivity contribution in [1.29, 1.82) is 0 Å². The van der Waals surface area contributed by atoms with E-state index in [2.05, 4.69) is 25.9 Å². The van der Waals surface area contributed by atoms with Gasteiger partial charge in [-0.1, -0.05) is 0 Å². The number of rotatable bonds is 4. The molecule has 1 aromatic rings. The average molecular weight is 261 g/mol. The smallest absolute Gasteiger partial charge is 0.355 e. The first-order valence-corrected chi connectivity index (χ1v) is 4.77. The number of hydrogen-bond acceptors (Lipinski definition) is 4. The number of halogens is 1. The SMILES string of the molecule is CCOCc1ncc(Br)c(C(=O)O)n1. The zero-order valence-electron chi connectivity index (χ0n) is 7.53. The van der Waals surface area contributed by atoms with E-state index in [4.69, 9.17) is 9.84 Å². The van der Waals surface area contributed by atoms with Crippen molar-refractivity contribution in [3.05, 3.63) is 22.2 Å². The Hall–Kier alpha value is -1.01. The highest BCUT2D eigenvalue weighted by molar-refractivity contribution is 9.10. The summed E-state index contributed by atoms with van der Waals surface area (Å²) in [6, 6.07) is 0. The van der Waals surface area contributed by atoms with Gasteiger partial charge in [-0.3, -0.25) is 0 Å². The molecule has 6 heteroatoms. The lowest BCUT2D eigenvalue weighted by Gasteiger charge is -2.02. The summed E-state index contributed by atoms with van der Waals surface area (Å²) in [7, 11) is 0. The van der Waals surface area contributed by atoms with Gasteiger partial charge in [-0.15, -0.1) is 0 Å². The normalized spacial score (nSPS) is 10.1. The highest BCUT2D eigenvalue weighted by Crippen LogP contribution is 2.13. The number of aromatic nitrogens is 2. The van der Waals surface area contributed by atoms with Gasteiger partial charge in [0.05, 0.1) is 4.47 Å². The molecule has 0 amide bonds. The van der Waals surface area contributed by atoms with Crippen LogP contribution in [0.2, 0.25) is 0 Å². The number of carbonyl (C=O) groups is 1. The molecule has 0 unspecified atom stereocenters. The van der Waals surface area contributed by atoms with Crippen molar-refractivity contribution in [3.63, 3.8) is 0 Å². The fourth-order valence-corrected chi connectivity index (χ4v) is 1.18. The Labute approximate surface area is 89.3 Å². The molecule has 0 aliphatic rings. The summed E-state index contributed by atoms with van der Waals surface area (Å²) in [5.74, 6) is -0.718. The molecular weight excluding hydrogens is 252 g/mol. The van der Waals surface area contributed by atoms with Crippen molar-refractivity contribution in [1.82, 2.24) is 9.97 Å². The molecular formula is C8H9BrN2O3. The van der Waals surface area contributed by atoms with E-state index in [0.717, 1.165) is 0 Å². The van der Waals surface area contributed by atoms with Crippen LogP contribution in [0.25, 0.3) is 0 Å². The van der Waals surface area contributed by atoms with Crippen molar-refractivity contribution in [2.24, 2.45) is 0 Å². The molecule has 0 aliphatic heterocycles. The van der Waals surface area contributed by atoms with E-state index in [1.165, 1.54) is 6.20 Å². The number of aromatic carboxylic acids is 1. The van der Waals surface area contributed by atoms with Crippen LogP contribution >= 0.6 is 15.9 Å². The molecule has 1 N–H and O–H groups in total. The maximum atomic E-state index is 10.7. The Bertz CT molecular complexity index is 343. The highest BCUT2D eigenvalue weighted by atomic mass is 79.9. The molecule has 0 spiro atoms. The largest absolute Gasteiger partial charge is 0.476 e. The third-order valence-electron chi connectivity index (χ3n) is 1.43. The van der Waals surface area contributed by atoms with Gasteiger partial charge in [0.15, 0.2) is 11.5 Å². The Kier molecular flexibility index (Phi) is 3.97. The summed E-state index contributed by atoms with van der Waals surface area (Å²) in [4.78, 5) is 18.4. The Morgan fingerprint density at radius 3 is 3.00 bits per heavy atom. The molecule has 5 nitrogen and oxygen atoms in total. The van der Waals surface area contributed by atoms with E-state index < -0.39 is 5.97 Å². The van der Waals surface area contributed by atoms with Crippen molar-refractivity contribution in [3.8, 4) is 0 Å². The van der Waals surface area contributed by atoms with E-state index >= 15 is 0 Å². The molecule has 0 saturated carbocycles. The summed E-state index contributed by atoms with van der Waals surface area (Å²) in [6.45, 7) is 2.61. The molecule has 1 heterocycles. The minimum absolute atomic E-state index is 0.0466. The van der Waals surface area contributed by atoms with E-state index in [9.17, 15) is 4.79 Å². The van der Waals surface area contributed by atoms with Crippen LogP contribution in [0.4, 0.5) is 0 Å². The van der Waals surface area contributed by atoms with Gasteiger partial charge < -0.3 is 9.84 Å². The van der Waals surface area contributed by atoms with Crippen LogP contribution in [0.1, 0.15) is 23.2 Å². The van der Waals surface area contributed by atoms with Crippen molar-refractivity contribution in [2.75, 3.05) is 6.61 Å². The first kappa shape index (κ1) is 11.1. The van der Waals surface area contributed by atoms with Gasteiger partial charge in [-0.05, 0) is 22.9 Å². The summed E-state index contributed by atoms with van der Waals surface area (Å²) < 4.78 is 5.43. The first-order chi connectivity index (χ1) is 6.65. The van der Waals surface area contributed by atoms with Crippen molar-refractivity contribution < 1.29 is 14.6 Å². The number of hydrogen-bond donors (Lipinski definition) is 1. The molecule has 76 valence electrons. The lowest BCUT2D eigenvalue weighted by molar-refractivity contribution is 0.0687. The number of carboxylic acids is 1. The van der Waals surface area contributed by atoms with Gasteiger partial charge in [0.25, 0.3) is 0 Å². The van der Waals surface area contributed by atoms with E-state index in [-0.39, 0.29) is 12.3 Å². The maximum absolute atomic E-state index is 10.7. The second-order valence-corrected chi connectivity index (χ2v) is 3.28. The van der Waals surface area contributed by atoms with Gasteiger partial charge in [0, 0.05) is 12.8 Å². The van der Waals surface area contributed by atoms with Crippen LogP contribution in [0.5, 0.6) is 0 Å². The van der Waals surface area contributed by atoms with Gasteiger partial charge >= 0.3 is 5.97 Å². The third kappa shape index (κ3) is 2.74. The maximum Gasteiger partial charge on any atom is 0.355 e. The zero-order chi connectivity index (χ0) is 10.6. The molecule has 0 fully saturated rings. The van der Waals surface area contributed by atoms with Crippen LogP contribution in [0, 0.1) is 0 Å². The predicted molar refractivity (Wildman–Crippen MR) is 52.0 cm³/mol. The number of carboxylic acid groups (broad SMARTS) is 1. The van der Waals surface area contributed by atoms with Gasteiger partial charge in [0.2, 0.25) is 0 Å². The average Bonchev–Trinajstić information content (AvgIpc) is 2.16. The summed E-state index contributed by atoms with van der Waals surface area (Å²) in [5.41, 5.74) is -0.0466. The zero-order valence-corrected chi connectivity index (χ0v) is 9.11. The number of nitrogens with zero attached hydrogens (tertiary/aromatic N) is 2. The molecule has 1 rings (SSSR count). The van der Waals surface area contributed by atoms with E-state index in [1.54, 1.807) is 0 Å². The van der Waals surface area contributed by atoms with Crippen LogP contribution < -0.4 is 0 Å². The predicted octanol–water partition coefficient (Wildman–Crippen LogP) is 1.47. The van der Waals surface area contributed by atoms with Crippen LogP contribution in [-0.2, 0) is 11.3 Å². The number of ether oxygens (including phenoxy) is 1. The third-order valence-corrected chi connectivity index (χ3v) is 2.01. The first-order valence-electron chi connectivity index (χ1n) is 3.97. The standard InChI is InChI=1S/C8H9BrN2O3/c1-2-14-4-6-10-3-5(9)7(11-6)8(12)13/h3H,2,4H2,1H3,(H,12,13). The summed E-state index contributed by atoms with van der Waals surface area (Å²) >= 11 is 3.05. The lowest BCUT2D eigenvalue weighted by Crippen LogP contribution is -2.07. The Balaban J connectivity index is 2.89. The quantitative estimate of drug-likeness (QED) is 0.888. The fraction of sp³-hybridized carbons (Fsp3) is 0.375. The highest BCUT2D eigenvalue weighted by Gasteiger charge is 2.11. The lowest BCUT2D eigenvalue weighted by atomic mass is 10.4. The molecule has 0 radical (unpaired) electrons. The van der Waals surface area contributed by atoms with Crippen LogP contribution in [0.15, 0.2) is 10.7 Å². The summed E-state index contributed by atoms with van der Waals surface area (Å²) in [6.07, 6.45) is 1.41. The minimum Gasteiger partial charge on any atom is -0.476 e. The van der Waals surface area contributed by atoms with Crippen LogP contribution in [-0.4, -0.2) is 27.7 Å². The topological polar surface area (TPSA) is 72.3 Å². The minimum atomic E-state index is -1.09. The molecule has 14 heavy (non-hydrogen) atoms. The second-order valence-electron chi connectivity index (χ2n) is 2.43. The fourth-order valence-electron chi connectivity index (χ4n) is 0.817. The molecule has 1 aromatic heterocycles. The second kappa shape index (κ2) is 5.02. The summed E-state index contributed by atoms with van der Waals surface area (Å²) in [5, 5.41) is 8.75. The van der Waals surface area contributed by atoms with Crippen LogP contribution in [0.3, 0.4) is 0 Å². The monoisotopic (exact) mass is 260 g/mol. The molecule has 0 aromatic carbocycles.